The number of benzene rings is 1. The van der Waals surface area contributed by atoms with Crippen LogP contribution >= 0.6 is 0 Å². The topological polar surface area (TPSA) is 32.3 Å². The minimum atomic E-state index is -0.0321. The molecule has 1 saturated heterocycles. The molecule has 1 heterocycles. The van der Waals surface area contributed by atoms with Gasteiger partial charge in [-0.2, -0.15) is 0 Å². The van der Waals surface area contributed by atoms with Crippen LogP contribution < -0.4 is 5.32 Å². The summed E-state index contributed by atoms with van der Waals surface area (Å²) in [6.07, 6.45) is 2.83. The molecule has 1 aliphatic heterocycles. The zero-order chi connectivity index (χ0) is 15.8. The summed E-state index contributed by atoms with van der Waals surface area (Å²) in [6.45, 7) is 11.5. The number of carbonyl (C=O) groups excluding carboxylic acids is 1. The van der Waals surface area contributed by atoms with Crippen molar-refractivity contribution in [3.05, 3.63) is 35.4 Å². The molecule has 4 heteroatoms. The predicted octanol–water partition coefficient (Wildman–Crippen LogP) is 5.57. The molecule has 0 aromatic heterocycles. The molecule has 1 amide bonds. The van der Waals surface area contributed by atoms with Gasteiger partial charge in [-0.15, -0.1) is 0 Å². The second-order valence-electron chi connectivity index (χ2n) is 6.19. The van der Waals surface area contributed by atoms with E-state index < -0.39 is 0 Å². The zero-order valence-electron chi connectivity index (χ0n) is 14.7. The van der Waals surface area contributed by atoms with Crippen LogP contribution in [0.5, 0.6) is 0 Å². The fraction of sp³-hybridized carbons (Fsp3) is 0.667. The molecule has 25 heavy (non-hydrogen) atoms. The molecule has 0 unspecified atom stereocenters. The molecule has 1 aromatic carbocycles. The quantitative estimate of drug-likeness (QED) is 0.684. The zero-order valence-corrected chi connectivity index (χ0v) is 17.6. The van der Waals surface area contributed by atoms with Crippen LogP contribution in [0.15, 0.2) is 24.3 Å². The van der Waals surface area contributed by atoms with Crippen LogP contribution in [0.25, 0.3) is 0 Å². The Morgan fingerprint density at radius 3 is 1.68 bits per heavy atom. The van der Waals surface area contributed by atoms with Crippen LogP contribution in [-0.2, 0) is 32.7 Å². The van der Waals surface area contributed by atoms with E-state index >= 15 is 0 Å². The van der Waals surface area contributed by atoms with Gasteiger partial charge in [-0.25, -0.2) is 0 Å². The Morgan fingerprint density at radius 2 is 1.40 bits per heavy atom. The Balaban J connectivity index is -0.000000163. The molecule has 3 nitrogen and oxygen atoms in total. The maximum atomic E-state index is 11.2. The van der Waals surface area contributed by atoms with Gasteiger partial charge in [0, 0.05) is 51.4 Å². The van der Waals surface area contributed by atoms with Gasteiger partial charge in [-0.3, -0.25) is 4.79 Å². The normalized spacial score (nSPS) is 12.6. The van der Waals surface area contributed by atoms with E-state index in [9.17, 15) is 4.79 Å². The summed E-state index contributed by atoms with van der Waals surface area (Å²) in [5, 5.41) is 2.59. The van der Waals surface area contributed by atoms with Crippen molar-refractivity contribution in [1.29, 1.82) is 0 Å². The summed E-state index contributed by atoms with van der Waals surface area (Å²) in [6, 6.07) is 8.48. The van der Waals surface area contributed by atoms with E-state index in [1.165, 1.54) is 31.5 Å². The van der Waals surface area contributed by atoms with Crippen LogP contribution in [0.1, 0.15) is 84.7 Å². The molecule has 1 N–H and O–H groups in total. The molecule has 0 spiro atoms. The van der Waals surface area contributed by atoms with Gasteiger partial charge >= 0.3 is 0 Å². The summed E-state index contributed by atoms with van der Waals surface area (Å²) in [5.74, 6) is 0.481. The van der Waals surface area contributed by atoms with E-state index in [4.69, 9.17) is 0 Å². The number of carbonyl (C=O) groups is 1. The van der Waals surface area contributed by atoms with E-state index in [-0.39, 0.29) is 60.9 Å². The first-order valence-corrected chi connectivity index (χ1v) is 8.01. The molecule has 1 aromatic rings. The monoisotopic (exact) mass is 427 g/mol. The Morgan fingerprint density at radius 1 is 0.960 bits per heavy atom. The first-order chi connectivity index (χ1) is 9.95. The van der Waals surface area contributed by atoms with Gasteiger partial charge in [0.2, 0.25) is 0 Å². The van der Waals surface area contributed by atoms with Crippen molar-refractivity contribution in [1.82, 2.24) is 10.2 Å². The van der Waals surface area contributed by atoms with Gasteiger partial charge < -0.3 is 10.2 Å². The minimum Gasteiger partial charge on any atom is -0.355 e. The molecular formula is C21H42N2OY. The molecule has 0 saturated carbocycles. The van der Waals surface area contributed by atoms with Gasteiger partial charge in [-0.1, -0.05) is 48.3 Å². The van der Waals surface area contributed by atoms with Crippen molar-refractivity contribution in [3.63, 3.8) is 0 Å². The number of nitrogens with one attached hydrogen (secondary N) is 1. The molecule has 1 aliphatic rings. The van der Waals surface area contributed by atoms with Crippen LogP contribution in [-0.4, -0.2) is 37.0 Å². The SMILES string of the molecule is C.C.C.CC(C)N1CCCC1.CNC(=O)c1ccc(C(C)C)cc1.[Y]. The van der Waals surface area contributed by atoms with Crippen LogP contribution in [0.4, 0.5) is 0 Å². The van der Waals surface area contributed by atoms with E-state index in [0.717, 1.165) is 6.04 Å². The average Bonchev–Trinajstić information content (AvgIpc) is 3.01. The van der Waals surface area contributed by atoms with Crippen LogP contribution in [0, 0.1) is 0 Å². The van der Waals surface area contributed by atoms with Gasteiger partial charge in [0.25, 0.3) is 5.91 Å². The first kappa shape index (κ1) is 32.4. The van der Waals surface area contributed by atoms with E-state index in [1.54, 1.807) is 7.05 Å². The largest absolute Gasteiger partial charge is 0.355 e. The Labute approximate surface area is 183 Å². The third-order valence-corrected chi connectivity index (χ3v) is 3.94. The van der Waals surface area contributed by atoms with Crippen molar-refractivity contribution in [2.45, 2.75) is 74.8 Å². The fourth-order valence-corrected chi connectivity index (χ4v) is 2.42. The van der Waals surface area contributed by atoms with E-state index in [0.29, 0.717) is 11.5 Å². The number of amides is 1. The molecule has 145 valence electrons. The van der Waals surface area contributed by atoms with E-state index in [2.05, 4.69) is 37.9 Å². The number of nitrogens with zero attached hydrogens (tertiary/aromatic N) is 1. The second kappa shape index (κ2) is 17.2. The predicted molar refractivity (Wildman–Crippen MR) is 110 cm³/mol. The summed E-state index contributed by atoms with van der Waals surface area (Å²) in [5.41, 5.74) is 1.97. The van der Waals surface area contributed by atoms with Crippen molar-refractivity contribution < 1.29 is 37.5 Å². The summed E-state index contributed by atoms with van der Waals surface area (Å²) < 4.78 is 0. The van der Waals surface area contributed by atoms with Gasteiger partial charge in [0.05, 0.1) is 0 Å². The summed E-state index contributed by atoms with van der Waals surface area (Å²) in [4.78, 5) is 13.7. The molecule has 1 fully saturated rings. The van der Waals surface area contributed by atoms with Gasteiger partial charge in [0.15, 0.2) is 0 Å². The number of hydrogen-bond acceptors (Lipinski definition) is 2. The van der Waals surface area contributed by atoms with Crippen molar-refractivity contribution in [2.24, 2.45) is 0 Å². The maximum absolute atomic E-state index is 11.2. The summed E-state index contributed by atoms with van der Waals surface area (Å²) in [7, 11) is 1.64. The first-order valence-electron chi connectivity index (χ1n) is 8.01. The van der Waals surface area contributed by atoms with Crippen molar-refractivity contribution in [3.8, 4) is 0 Å². The number of likely N-dealkylation sites (tertiary alicyclic amines) is 1. The molecule has 2 rings (SSSR count). The van der Waals surface area contributed by atoms with Crippen molar-refractivity contribution in [2.75, 3.05) is 20.1 Å². The molecule has 1 radical (unpaired) electrons. The Kier molecular flexibility index (Phi) is 22.3. The molecular weight excluding hydrogens is 385 g/mol. The van der Waals surface area contributed by atoms with Gasteiger partial charge in [-0.05, 0) is 63.4 Å². The van der Waals surface area contributed by atoms with Crippen LogP contribution in [0.2, 0.25) is 0 Å². The fourth-order valence-electron chi connectivity index (χ4n) is 2.42. The summed E-state index contributed by atoms with van der Waals surface area (Å²) >= 11 is 0. The molecule has 0 aliphatic carbocycles. The standard InChI is InChI=1S/C11H15NO.C7H15N.3CH4.Y/c1-8(2)9-4-6-10(7-5-9)11(13)12-3;1-7(2)8-5-3-4-6-8;;;;/h4-8H,1-3H3,(H,12,13);7H,3-6H2,1-2H3;3*1H4;. The van der Waals surface area contributed by atoms with Crippen LogP contribution in [0.3, 0.4) is 0 Å². The average molecular weight is 427 g/mol. The smallest absolute Gasteiger partial charge is 0.251 e. The van der Waals surface area contributed by atoms with E-state index in [1.807, 2.05) is 24.3 Å². The van der Waals surface area contributed by atoms with Crippen molar-refractivity contribution >= 4 is 5.91 Å². The third-order valence-electron chi connectivity index (χ3n) is 3.94. The Bertz CT molecular complexity index is 424. The molecule has 0 atom stereocenters. The maximum Gasteiger partial charge on any atom is 0.251 e. The van der Waals surface area contributed by atoms with Gasteiger partial charge in [0.1, 0.15) is 0 Å². The number of rotatable bonds is 3. The third kappa shape index (κ3) is 11.9. The molecule has 0 bridgehead atoms. The number of hydrogen-bond donors (Lipinski definition) is 1. The minimum absolute atomic E-state index is 0. The Hall–Kier alpha value is -0.246. The second-order valence-corrected chi connectivity index (χ2v) is 6.19.